The third-order valence-electron chi connectivity index (χ3n) is 2.60. The number of anilines is 1. The number of nitrogens with one attached hydrogen (secondary N) is 2. The van der Waals surface area contributed by atoms with Crippen molar-refractivity contribution in [3.63, 3.8) is 0 Å². The van der Waals surface area contributed by atoms with Crippen LogP contribution >= 0.6 is 0 Å². The second-order valence-corrected chi connectivity index (χ2v) is 6.07. The van der Waals surface area contributed by atoms with Crippen molar-refractivity contribution in [3.8, 4) is 0 Å². The Labute approximate surface area is 136 Å². The molecule has 0 saturated carbocycles. The van der Waals surface area contributed by atoms with E-state index in [1.807, 2.05) is 0 Å². The van der Waals surface area contributed by atoms with Gasteiger partial charge in [0.25, 0.3) is 10.0 Å². The third kappa shape index (κ3) is 3.84. The first-order chi connectivity index (χ1) is 11.2. The van der Waals surface area contributed by atoms with E-state index in [4.69, 9.17) is 4.42 Å². The lowest BCUT2D eigenvalue weighted by Crippen LogP contribution is -2.35. The number of amides is 2. The van der Waals surface area contributed by atoms with Gasteiger partial charge >= 0.3 is 12.0 Å². The van der Waals surface area contributed by atoms with Gasteiger partial charge in [0.05, 0.1) is 13.4 Å². The van der Waals surface area contributed by atoms with E-state index in [1.165, 1.54) is 0 Å². The molecule has 0 aliphatic heterocycles. The van der Waals surface area contributed by atoms with Gasteiger partial charge in [-0.1, -0.05) is 0 Å². The third-order valence-corrected chi connectivity index (χ3v) is 3.96. The summed E-state index contributed by atoms with van der Waals surface area (Å²) < 4.78 is 35.3. The van der Waals surface area contributed by atoms with Crippen LogP contribution in [0.1, 0.15) is 22.2 Å². The fraction of sp³-hybridized carbons (Fsp3) is 0.250. The molecule has 2 rings (SSSR count). The smallest absolute Gasteiger partial charge is 0.375 e. The quantitative estimate of drug-likeness (QED) is 0.741. The van der Waals surface area contributed by atoms with Crippen molar-refractivity contribution in [2.75, 3.05) is 12.4 Å². The Bertz CT molecular complexity index is 871. The number of hydrogen-bond acceptors (Lipinski definition) is 9. The first-order valence-electron chi connectivity index (χ1n) is 6.42. The maximum Gasteiger partial charge on any atom is 0.375 e. The van der Waals surface area contributed by atoms with Gasteiger partial charge in [0.15, 0.2) is 0 Å². The summed E-state index contributed by atoms with van der Waals surface area (Å²) in [7, 11) is -3.31. The predicted molar refractivity (Wildman–Crippen MR) is 78.7 cm³/mol. The van der Waals surface area contributed by atoms with Crippen molar-refractivity contribution in [3.05, 3.63) is 29.7 Å². The number of aromatic nitrogens is 3. The molecule has 0 atom stereocenters. The Hall–Kier alpha value is -3.02. The SMILES string of the molecule is COC(=O)c1occc1S(=O)(=O)NC(=O)Nc1nc(C)nc(C)n1. The van der Waals surface area contributed by atoms with Crippen molar-refractivity contribution in [2.24, 2.45) is 0 Å². The molecule has 0 unspecified atom stereocenters. The summed E-state index contributed by atoms with van der Waals surface area (Å²) in [5.74, 6) is -0.964. The Morgan fingerprint density at radius 1 is 1.17 bits per heavy atom. The van der Waals surface area contributed by atoms with Gasteiger partial charge in [0.2, 0.25) is 11.7 Å². The summed E-state index contributed by atoms with van der Waals surface area (Å²) in [6.45, 7) is 3.17. The largest absolute Gasteiger partial charge is 0.463 e. The highest BCUT2D eigenvalue weighted by Gasteiger charge is 2.28. The molecule has 0 spiro atoms. The highest BCUT2D eigenvalue weighted by Crippen LogP contribution is 2.17. The molecule has 2 heterocycles. The maximum atomic E-state index is 12.2. The molecule has 11 nitrogen and oxygen atoms in total. The molecule has 0 saturated heterocycles. The van der Waals surface area contributed by atoms with Crippen LogP contribution in [0.25, 0.3) is 0 Å². The lowest BCUT2D eigenvalue weighted by atomic mass is 10.4. The van der Waals surface area contributed by atoms with Gasteiger partial charge in [-0.05, 0) is 19.9 Å². The standard InChI is InChI=1S/C12H13N5O6S/c1-6-13-7(2)15-11(14-6)16-12(19)17-24(20,21)8-4-5-23-9(8)10(18)22-3/h4-5H,1-3H3,(H2,13,14,15,16,17,19). The Morgan fingerprint density at radius 2 is 1.79 bits per heavy atom. The van der Waals surface area contributed by atoms with Gasteiger partial charge in [-0.3, -0.25) is 5.32 Å². The number of urea groups is 1. The van der Waals surface area contributed by atoms with Crippen LogP contribution in [0.15, 0.2) is 21.6 Å². The van der Waals surface area contributed by atoms with Crippen molar-refractivity contribution in [1.29, 1.82) is 0 Å². The van der Waals surface area contributed by atoms with E-state index in [9.17, 15) is 18.0 Å². The highest BCUT2D eigenvalue weighted by atomic mass is 32.2. The summed E-state index contributed by atoms with van der Waals surface area (Å²) in [5, 5.41) is 2.17. The molecule has 128 valence electrons. The Kier molecular flexibility index (Phi) is 4.78. The van der Waals surface area contributed by atoms with Crippen molar-refractivity contribution >= 4 is 28.0 Å². The number of hydrogen-bond donors (Lipinski definition) is 2. The highest BCUT2D eigenvalue weighted by molar-refractivity contribution is 7.90. The molecule has 0 fully saturated rings. The second-order valence-electron chi connectivity index (χ2n) is 4.42. The van der Waals surface area contributed by atoms with E-state index < -0.39 is 32.7 Å². The monoisotopic (exact) mass is 355 g/mol. The van der Waals surface area contributed by atoms with Crippen molar-refractivity contribution < 1.29 is 27.2 Å². The molecular weight excluding hydrogens is 342 g/mol. The number of methoxy groups -OCH3 is 1. The lowest BCUT2D eigenvalue weighted by molar-refractivity contribution is 0.0559. The molecular formula is C12H13N5O6S. The predicted octanol–water partition coefficient (Wildman–Crippen LogP) is 0.378. The van der Waals surface area contributed by atoms with E-state index in [0.717, 1.165) is 19.4 Å². The lowest BCUT2D eigenvalue weighted by Gasteiger charge is -2.08. The molecule has 2 N–H and O–H groups in total. The number of esters is 1. The molecule has 2 aromatic rings. The molecule has 2 amide bonds. The number of sulfonamides is 1. The van der Waals surface area contributed by atoms with Gasteiger partial charge in [-0.2, -0.15) is 9.97 Å². The molecule has 0 aromatic carbocycles. The number of nitrogens with zero attached hydrogens (tertiary/aromatic N) is 3. The van der Waals surface area contributed by atoms with Crippen LogP contribution in [-0.2, 0) is 14.8 Å². The minimum Gasteiger partial charge on any atom is -0.463 e. The Morgan fingerprint density at radius 3 is 2.38 bits per heavy atom. The van der Waals surface area contributed by atoms with Crippen molar-refractivity contribution in [1.82, 2.24) is 19.7 Å². The molecule has 12 heteroatoms. The fourth-order valence-electron chi connectivity index (χ4n) is 1.73. The van der Waals surface area contributed by atoms with Gasteiger partial charge in [-0.25, -0.2) is 27.7 Å². The minimum atomic E-state index is -4.37. The van der Waals surface area contributed by atoms with E-state index in [2.05, 4.69) is 25.0 Å². The van der Waals surface area contributed by atoms with Crippen molar-refractivity contribution in [2.45, 2.75) is 18.7 Å². The van der Waals surface area contributed by atoms with E-state index in [0.29, 0.717) is 11.6 Å². The number of carbonyl (C=O) groups is 2. The number of ether oxygens (including phenoxy) is 1. The Balaban J connectivity index is 2.19. The molecule has 0 aliphatic rings. The van der Waals surface area contributed by atoms with Gasteiger partial charge in [0.1, 0.15) is 16.5 Å². The van der Waals surface area contributed by atoms with Crippen LogP contribution in [0, 0.1) is 13.8 Å². The van der Waals surface area contributed by atoms with E-state index >= 15 is 0 Å². The molecule has 2 aromatic heterocycles. The van der Waals surface area contributed by atoms with Gasteiger partial charge < -0.3 is 9.15 Å². The molecule has 0 aliphatic carbocycles. The average Bonchev–Trinajstić information content (AvgIpc) is 2.94. The minimum absolute atomic E-state index is 0.118. The summed E-state index contributed by atoms with van der Waals surface area (Å²) in [6.07, 6.45) is 0.984. The van der Waals surface area contributed by atoms with E-state index in [1.54, 1.807) is 18.6 Å². The van der Waals surface area contributed by atoms with Gasteiger partial charge in [0, 0.05) is 0 Å². The van der Waals surface area contributed by atoms with E-state index in [-0.39, 0.29) is 5.95 Å². The second kappa shape index (κ2) is 6.62. The van der Waals surface area contributed by atoms with Crippen LogP contribution in [0.5, 0.6) is 0 Å². The molecule has 0 bridgehead atoms. The van der Waals surface area contributed by atoms with Crippen LogP contribution in [0.2, 0.25) is 0 Å². The summed E-state index contributed by atoms with van der Waals surface area (Å²) in [6, 6.07) is -0.101. The zero-order valence-corrected chi connectivity index (χ0v) is 13.7. The zero-order chi connectivity index (χ0) is 17.9. The average molecular weight is 355 g/mol. The zero-order valence-electron chi connectivity index (χ0n) is 12.9. The number of furan rings is 1. The van der Waals surface area contributed by atoms with Gasteiger partial charge in [-0.15, -0.1) is 0 Å². The first-order valence-corrected chi connectivity index (χ1v) is 7.90. The summed E-state index contributed by atoms with van der Waals surface area (Å²) in [5.41, 5.74) is 0. The van der Waals surface area contributed by atoms with Crippen LogP contribution in [0.3, 0.4) is 0 Å². The number of aryl methyl sites for hydroxylation is 2. The van der Waals surface area contributed by atoms with Crippen LogP contribution in [-0.4, -0.2) is 42.5 Å². The van der Waals surface area contributed by atoms with Crippen LogP contribution < -0.4 is 10.0 Å². The maximum absolute atomic E-state index is 12.2. The topological polar surface area (TPSA) is 153 Å². The summed E-state index contributed by atoms with van der Waals surface area (Å²) in [4.78, 5) is 34.4. The molecule has 24 heavy (non-hydrogen) atoms. The summed E-state index contributed by atoms with van der Waals surface area (Å²) >= 11 is 0. The van der Waals surface area contributed by atoms with Crippen LogP contribution in [0.4, 0.5) is 10.7 Å². The number of rotatable bonds is 4. The molecule has 0 radical (unpaired) electrons. The fourth-order valence-corrected chi connectivity index (χ4v) is 2.74. The first kappa shape index (κ1) is 17.3. The number of carbonyl (C=O) groups excluding carboxylic acids is 2. The normalized spacial score (nSPS) is 11.0.